The fraction of sp³-hybridized carbons (Fsp3) is 0.409. The first-order valence-corrected chi connectivity index (χ1v) is 12.1. The van der Waals surface area contributed by atoms with Gasteiger partial charge in [0.1, 0.15) is 6.61 Å². The molecule has 4 rings (SSSR count). The topological polar surface area (TPSA) is 106 Å². The van der Waals surface area contributed by atoms with Gasteiger partial charge in [-0.1, -0.05) is 12.1 Å². The lowest BCUT2D eigenvalue weighted by molar-refractivity contribution is -0.125. The lowest BCUT2D eigenvalue weighted by Gasteiger charge is -2.26. The Morgan fingerprint density at radius 1 is 1.03 bits per heavy atom. The van der Waals surface area contributed by atoms with Crippen LogP contribution in [0.5, 0.6) is 11.5 Å². The molecule has 0 radical (unpaired) electrons. The average molecular weight is 462 g/mol. The normalized spacial score (nSPS) is 18.8. The van der Waals surface area contributed by atoms with E-state index in [1.807, 2.05) is 6.07 Å². The van der Waals surface area contributed by atoms with Crippen LogP contribution in [-0.4, -0.2) is 71.3 Å². The van der Waals surface area contributed by atoms with Crippen molar-refractivity contribution in [3.8, 4) is 11.5 Å². The number of benzene rings is 2. The number of anilines is 1. The predicted octanol–water partition coefficient (Wildman–Crippen LogP) is 1.47. The summed E-state index contributed by atoms with van der Waals surface area (Å²) in [4.78, 5) is 14.9. The Hall–Kier alpha value is -2.66. The molecule has 2 aromatic rings. The number of hydrogen-bond acceptors (Lipinski definition) is 7. The molecule has 1 atom stereocenters. The zero-order valence-electron chi connectivity index (χ0n) is 17.7. The van der Waals surface area contributed by atoms with Crippen molar-refractivity contribution in [2.75, 3.05) is 51.3 Å². The summed E-state index contributed by atoms with van der Waals surface area (Å²) < 4.78 is 44.2. The quantitative estimate of drug-likeness (QED) is 0.574. The highest BCUT2D eigenvalue weighted by Crippen LogP contribution is 2.31. The monoisotopic (exact) mass is 461 g/mol. The van der Waals surface area contributed by atoms with Crippen molar-refractivity contribution >= 4 is 21.6 Å². The molecule has 0 aromatic heterocycles. The van der Waals surface area contributed by atoms with Crippen LogP contribution in [0.15, 0.2) is 53.4 Å². The Morgan fingerprint density at radius 2 is 1.75 bits per heavy atom. The van der Waals surface area contributed by atoms with Crippen LogP contribution in [0.4, 0.5) is 5.69 Å². The summed E-state index contributed by atoms with van der Waals surface area (Å²) in [5.74, 6) is 0.750. The number of morpholine rings is 1. The van der Waals surface area contributed by atoms with Gasteiger partial charge < -0.3 is 19.5 Å². The minimum absolute atomic E-state index is 0.101. The summed E-state index contributed by atoms with van der Waals surface area (Å²) in [6.45, 7) is 4.50. The third kappa shape index (κ3) is 5.77. The number of ether oxygens (including phenoxy) is 3. The third-order valence-corrected chi connectivity index (χ3v) is 6.76. The van der Waals surface area contributed by atoms with Crippen LogP contribution in [-0.2, 0) is 19.6 Å². The maximum absolute atomic E-state index is 12.5. The number of carbonyl (C=O) groups is 1. The summed E-state index contributed by atoms with van der Waals surface area (Å²) in [6.07, 6.45) is -0.0681. The fourth-order valence-electron chi connectivity index (χ4n) is 3.51. The molecule has 0 aliphatic carbocycles. The molecule has 0 saturated carbocycles. The van der Waals surface area contributed by atoms with Gasteiger partial charge in [-0.2, -0.15) is 0 Å². The molecule has 2 aromatic carbocycles. The zero-order valence-corrected chi connectivity index (χ0v) is 18.5. The number of amides is 1. The van der Waals surface area contributed by atoms with Crippen LogP contribution in [0.25, 0.3) is 0 Å². The maximum Gasteiger partial charge on any atom is 0.269 e. The molecule has 1 saturated heterocycles. The standard InChI is InChI=1S/C22H27N3O6S/c26-22(21-16-30-19-4-1-2-5-20(19)31-21)24-17-6-8-18(9-7-17)32(27,28)23-10-3-11-25-12-14-29-15-13-25/h1-2,4-9,21,23H,3,10-16H2,(H,24,26)/t21-/m1/s1. The molecule has 0 spiro atoms. The lowest BCUT2D eigenvalue weighted by atomic mass is 10.2. The Morgan fingerprint density at radius 3 is 2.50 bits per heavy atom. The van der Waals surface area contributed by atoms with Crippen molar-refractivity contribution in [2.24, 2.45) is 0 Å². The van der Waals surface area contributed by atoms with Gasteiger partial charge in [0.15, 0.2) is 11.5 Å². The number of carbonyl (C=O) groups excluding carboxylic acids is 1. The van der Waals surface area contributed by atoms with Crippen molar-refractivity contribution in [3.05, 3.63) is 48.5 Å². The van der Waals surface area contributed by atoms with Crippen LogP contribution in [0.1, 0.15) is 6.42 Å². The van der Waals surface area contributed by atoms with E-state index in [1.54, 1.807) is 30.3 Å². The van der Waals surface area contributed by atoms with Crippen LogP contribution >= 0.6 is 0 Å². The van der Waals surface area contributed by atoms with Gasteiger partial charge >= 0.3 is 0 Å². The molecule has 2 N–H and O–H groups in total. The van der Waals surface area contributed by atoms with E-state index in [4.69, 9.17) is 14.2 Å². The summed E-state index contributed by atoms with van der Waals surface area (Å²) in [5, 5.41) is 2.73. The number of nitrogens with zero attached hydrogens (tertiary/aromatic N) is 1. The highest BCUT2D eigenvalue weighted by molar-refractivity contribution is 7.89. The third-order valence-electron chi connectivity index (χ3n) is 5.28. The Labute approximate surface area is 187 Å². The maximum atomic E-state index is 12.5. The molecule has 2 aliphatic heterocycles. The number of para-hydroxylation sites is 2. The van der Waals surface area contributed by atoms with Crippen molar-refractivity contribution in [3.63, 3.8) is 0 Å². The van der Waals surface area contributed by atoms with Gasteiger partial charge in [0.05, 0.1) is 18.1 Å². The van der Waals surface area contributed by atoms with Gasteiger partial charge in [-0.25, -0.2) is 13.1 Å². The summed E-state index contributed by atoms with van der Waals surface area (Å²) in [7, 11) is -3.61. The Balaban J connectivity index is 1.26. The molecule has 1 fully saturated rings. The van der Waals surface area contributed by atoms with Gasteiger partial charge in [-0.05, 0) is 49.4 Å². The molecule has 2 aliphatic rings. The second-order valence-electron chi connectivity index (χ2n) is 7.58. The highest BCUT2D eigenvalue weighted by atomic mass is 32.2. The average Bonchev–Trinajstić information content (AvgIpc) is 2.82. The van der Waals surface area contributed by atoms with Crippen molar-refractivity contribution in [2.45, 2.75) is 17.4 Å². The molecule has 0 unspecified atom stereocenters. The molecule has 32 heavy (non-hydrogen) atoms. The van der Waals surface area contributed by atoms with Gasteiger partial charge in [0.25, 0.3) is 5.91 Å². The number of rotatable bonds is 8. The summed E-state index contributed by atoms with van der Waals surface area (Å²) in [5.41, 5.74) is 0.476. The fourth-order valence-corrected chi connectivity index (χ4v) is 4.58. The van der Waals surface area contributed by atoms with Gasteiger partial charge in [0, 0.05) is 25.3 Å². The largest absolute Gasteiger partial charge is 0.485 e. The van der Waals surface area contributed by atoms with E-state index < -0.39 is 16.1 Å². The van der Waals surface area contributed by atoms with Gasteiger partial charge in [-0.15, -0.1) is 0 Å². The first kappa shape index (κ1) is 22.5. The van der Waals surface area contributed by atoms with E-state index >= 15 is 0 Å². The van der Waals surface area contributed by atoms with E-state index in [-0.39, 0.29) is 17.4 Å². The molecular weight excluding hydrogens is 434 g/mol. The minimum atomic E-state index is -3.61. The predicted molar refractivity (Wildman–Crippen MR) is 118 cm³/mol. The molecular formula is C22H27N3O6S. The summed E-state index contributed by atoms with van der Waals surface area (Å²) >= 11 is 0. The molecule has 172 valence electrons. The van der Waals surface area contributed by atoms with Crippen molar-refractivity contribution in [1.82, 2.24) is 9.62 Å². The van der Waals surface area contributed by atoms with E-state index in [9.17, 15) is 13.2 Å². The van der Waals surface area contributed by atoms with E-state index in [0.29, 0.717) is 23.7 Å². The number of fused-ring (bicyclic) bond motifs is 1. The minimum Gasteiger partial charge on any atom is -0.485 e. The SMILES string of the molecule is O=C(Nc1ccc(S(=O)(=O)NCCCN2CCOCC2)cc1)[C@H]1COc2ccccc2O1. The second kappa shape index (κ2) is 10.3. The van der Waals surface area contributed by atoms with Crippen molar-refractivity contribution < 1.29 is 27.4 Å². The van der Waals surface area contributed by atoms with E-state index in [1.165, 1.54) is 12.1 Å². The molecule has 1 amide bonds. The second-order valence-corrected chi connectivity index (χ2v) is 9.35. The van der Waals surface area contributed by atoms with E-state index in [2.05, 4.69) is 14.9 Å². The first-order chi connectivity index (χ1) is 15.5. The molecule has 10 heteroatoms. The van der Waals surface area contributed by atoms with Gasteiger partial charge in [-0.3, -0.25) is 9.69 Å². The van der Waals surface area contributed by atoms with Crippen LogP contribution < -0.4 is 19.5 Å². The van der Waals surface area contributed by atoms with Crippen LogP contribution in [0.3, 0.4) is 0 Å². The summed E-state index contributed by atoms with van der Waals surface area (Å²) in [6, 6.07) is 13.2. The lowest BCUT2D eigenvalue weighted by Crippen LogP contribution is -2.40. The highest BCUT2D eigenvalue weighted by Gasteiger charge is 2.27. The Kier molecular flexibility index (Phi) is 7.26. The molecule has 0 bridgehead atoms. The van der Waals surface area contributed by atoms with Crippen LogP contribution in [0, 0.1) is 0 Å². The molecule has 9 nitrogen and oxygen atoms in total. The number of hydrogen-bond donors (Lipinski definition) is 2. The zero-order chi connectivity index (χ0) is 22.4. The smallest absolute Gasteiger partial charge is 0.269 e. The van der Waals surface area contributed by atoms with Gasteiger partial charge in [0.2, 0.25) is 16.1 Å². The van der Waals surface area contributed by atoms with E-state index in [0.717, 1.165) is 39.3 Å². The Bertz CT molecular complexity index is 1020. The van der Waals surface area contributed by atoms with Crippen molar-refractivity contribution in [1.29, 1.82) is 0 Å². The van der Waals surface area contributed by atoms with Crippen LogP contribution in [0.2, 0.25) is 0 Å². The molecule has 2 heterocycles. The number of sulfonamides is 1. The number of nitrogens with one attached hydrogen (secondary N) is 2. The first-order valence-electron chi connectivity index (χ1n) is 10.6.